The van der Waals surface area contributed by atoms with Crippen LogP contribution in [0.25, 0.3) is 0 Å². The number of rotatable bonds is 7. The third kappa shape index (κ3) is 6.77. The third-order valence-corrected chi connectivity index (χ3v) is 1.61. The Kier molecular flexibility index (Phi) is 6.86. The number of carboxylic acids is 1. The predicted octanol–water partition coefficient (Wildman–Crippen LogP) is -1.14. The summed E-state index contributed by atoms with van der Waals surface area (Å²) in [7, 11) is 0. The largest absolute Gasteiger partial charge is 0.481 e. The molecule has 92 valence electrons. The molecule has 0 aliphatic carbocycles. The van der Waals surface area contributed by atoms with E-state index in [0.717, 1.165) is 0 Å². The smallest absolute Gasteiger partial charge is 0.325 e. The first kappa shape index (κ1) is 14.4. The highest BCUT2D eigenvalue weighted by atomic mass is 16.5. The van der Waals surface area contributed by atoms with Gasteiger partial charge in [-0.2, -0.15) is 0 Å². The lowest BCUT2D eigenvalue weighted by Gasteiger charge is -2.09. The van der Waals surface area contributed by atoms with E-state index >= 15 is 0 Å². The highest BCUT2D eigenvalue weighted by Gasteiger charge is 2.17. The molecule has 0 aliphatic heterocycles. The molecule has 0 bridgehead atoms. The van der Waals surface area contributed by atoms with Crippen molar-refractivity contribution in [2.24, 2.45) is 5.73 Å². The number of carbonyl (C=O) groups is 3. The molecule has 0 radical (unpaired) electrons. The molecule has 0 saturated carbocycles. The average molecular weight is 232 g/mol. The van der Waals surface area contributed by atoms with Crippen LogP contribution >= 0.6 is 0 Å². The minimum absolute atomic E-state index is 0.288. The molecule has 0 rings (SSSR count). The molecule has 0 heterocycles. The third-order valence-electron chi connectivity index (χ3n) is 1.61. The molecule has 0 spiro atoms. The lowest BCUT2D eigenvalue weighted by molar-refractivity contribution is -0.144. The molecule has 0 aromatic heterocycles. The standard InChI is InChI=1S/C9H16N2O5/c1-2-3-16-8(14)5-11-9(15)6(10)4-7(12)13/h6H,2-5,10H2,1H3,(H,11,15)(H,12,13). The molecule has 1 amide bonds. The average Bonchev–Trinajstić information content (AvgIpc) is 2.21. The van der Waals surface area contributed by atoms with Crippen molar-refractivity contribution in [2.45, 2.75) is 25.8 Å². The van der Waals surface area contributed by atoms with Gasteiger partial charge in [0.1, 0.15) is 6.54 Å². The molecule has 7 heteroatoms. The summed E-state index contributed by atoms with van der Waals surface area (Å²) < 4.78 is 4.69. The lowest BCUT2D eigenvalue weighted by atomic mass is 10.2. The maximum absolute atomic E-state index is 11.1. The topological polar surface area (TPSA) is 119 Å². The first-order valence-corrected chi connectivity index (χ1v) is 4.88. The molecule has 0 fully saturated rings. The van der Waals surface area contributed by atoms with Gasteiger partial charge < -0.3 is 20.9 Å². The van der Waals surface area contributed by atoms with Gasteiger partial charge in [0.2, 0.25) is 5.91 Å². The maximum Gasteiger partial charge on any atom is 0.325 e. The van der Waals surface area contributed by atoms with Gasteiger partial charge in [-0.25, -0.2) is 0 Å². The summed E-state index contributed by atoms with van der Waals surface area (Å²) in [6.07, 6.45) is 0.216. The van der Waals surface area contributed by atoms with Gasteiger partial charge in [0.15, 0.2) is 0 Å². The molecule has 0 aromatic carbocycles. The van der Waals surface area contributed by atoms with E-state index in [-0.39, 0.29) is 13.2 Å². The van der Waals surface area contributed by atoms with Gasteiger partial charge in [0, 0.05) is 0 Å². The van der Waals surface area contributed by atoms with E-state index < -0.39 is 30.3 Å². The Morgan fingerprint density at radius 3 is 2.56 bits per heavy atom. The summed E-state index contributed by atoms with van der Waals surface area (Å²) in [6, 6.07) is -1.16. The number of nitrogens with one attached hydrogen (secondary N) is 1. The molecule has 1 atom stereocenters. The molecule has 7 nitrogen and oxygen atoms in total. The Labute approximate surface area is 92.9 Å². The van der Waals surface area contributed by atoms with Gasteiger partial charge in [-0.15, -0.1) is 0 Å². The van der Waals surface area contributed by atoms with E-state index in [0.29, 0.717) is 6.42 Å². The Bertz CT molecular complexity index is 267. The van der Waals surface area contributed by atoms with Crippen LogP contribution in [0.2, 0.25) is 0 Å². The second kappa shape index (κ2) is 7.63. The van der Waals surface area contributed by atoms with Crippen LogP contribution in [-0.4, -0.2) is 42.1 Å². The van der Waals surface area contributed by atoms with Crippen LogP contribution in [0.1, 0.15) is 19.8 Å². The SMILES string of the molecule is CCCOC(=O)CNC(=O)C(N)CC(=O)O. The van der Waals surface area contributed by atoms with Crippen LogP contribution in [0.3, 0.4) is 0 Å². The highest BCUT2D eigenvalue weighted by Crippen LogP contribution is 1.88. The second-order valence-electron chi connectivity index (χ2n) is 3.14. The predicted molar refractivity (Wildman–Crippen MR) is 54.5 cm³/mol. The van der Waals surface area contributed by atoms with Crippen LogP contribution < -0.4 is 11.1 Å². The van der Waals surface area contributed by atoms with Crippen molar-refractivity contribution in [3.05, 3.63) is 0 Å². The summed E-state index contributed by atoms with van der Waals surface area (Å²) in [5.74, 6) is -2.43. The van der Waals surface area contributed by atoms with Crippen molar-refractivity contribution in [1.29, 1.82) is 0 Å². The Morgan fingerprint density at radius 1 is 1.44 bits per heavy atom. The molecular formula is C9H16N2O5. The number of nitrogens with two attached hydrogens (primary N) is 1. The zero-order valence-corrected chi connectivity index (χ0v) is 9.06. The summed E-state index contributed by atoms with van der Waals surface area (Å²) in [5, 5.41) is 10.6. The first-order valence-electron chi connectivity index (χ1n) is 4.88. The normalized spacial score (nSPS) is 11.6. The van der Waals surface area contributed by atoms with Gasteiger partial charge in [0.25, 0.3) is 0 Å². The molecule has 4 N–H and O–H groups in total. The van der Waals surface area contributed by atoms with Crippen molar-refractivity contribution >= 4 is 17.8 Å². The summed E-state index contributed by atoms with van der Waals surface area (Å²) >= 11 is 0. The minimum atomic E-state index is -1.17. The van der Waals surface area contributed by atoms with E-state index in [1.807, 2.05) is 6.92 Å². The van der Waals surface area contributed by atoms with Crippen LogP contribution in [0.5, 0.6) is 0 Å². The monoisotopic (exact) mass is 232 g/mol. The van der Waals surface area contributed by atoms with Gasteiger partial charge in [-0.05, 0) is 6.42 Å². The summed E-state index contributed by atoms with van der Waals surface area (Å²) in [6.45, 7) is 1.83. The fourth-order valence-corrected chi connectivity index (χ4v) is 0.838. The van der Waals surface area contributed by atoms with E-state index in [9.17, 15) is 14.4 Å². The molecule has 0 aliphatic rings. The quantitative estimate of drug-likeness (QED) is 0.477. The number of esters is 1. The number of carbonyl (C=O) groups excluding carboxylic acids is 2. The Balaban J connectivity index is 3.79. The van der Waals surface area contributed by atoms with Crippen molar-refractivity contribution in [3.63, 3.8) is 0 Å². The number of aliphatic carboxylic acids is 1. The van der Waals surface area contributed by atoms with Crippen LogP contribution in [0, 0.1) is 0 Å². The Hall–Kier alpha value is -1.63. The van der Waals surface area contributed by atoms with Gasteiger partial charge in [0.05, 0.1) is 19.1 Å². The number of ether oxygens (including phenoxy) is 1. The number of hydrogen-bond donors (Lipinski definition) is 3. The van der Waals surface area contributed by atoms with Crippen molar-refractivity contribution < 1.29 is 24.2 Å². The molecule has 0 aromatic rings. The van der Waals surface area contributed by atoms with E-state index in [1.54, 1.807) is 0 Å². The van der Waals surface area contributed by atoms with E-state index in [1.165, 1.54) is 0 Å². The molecule has 0 saturated heterocycles. The molecular weight excluding hydrogens is 216 g/mol. The zero-order valence-electron chi connectivity index (χ0n) is 9.06. The highest BCUT2D eigenvalue weighted by molar-refractivity contribution is 5.88. The van der Waals surface area contributed by atoms with Crippen molar-refractivity contribution in [3.8, 4) is 0 Å². The first-order chi connectivity index (χ1) is 7.47. The van der Waals surface area contributed by atoms with Crippen molar-refractivity contribution in [2.75, 3.05) is 13.2 Å². The number of carboxylic acid groups (broad SMARTS) is 1. The number of hydrogen-bond acceptors (Lipinski definition) is 5. The van der Waals surface area contributed by atoms with Gasteiger partial charge in [-0.3, -0.25) is 14.4 Å². The minimum Gasteiger partial charge on any atom is -0.481 e. The van der Waals surface area contributed by atoms with Crippen LogP contribution in [0.4, 0.5) is 0 Å². The van der Waals surface area contributed by atoms with Crippen LogP contribution in [0.15, 0.2) is 0 Å². The maximum atomic E-state index is 11.1. The summed E-state index contributed by atoms with van der Waals surface area (Å²) in [4.78, 5) is 32.3. The van der Waals surface area contributed by atoms with Crippen LogP contribution in [-0.2, 0) is 19.1 Å². The van der Waals surface area contributed by atoms with Gasteiger partial charge >= 0.3 is 11.9 Å². The van der Waals surface area contributed by atoms with E-state index in [4.69, 9.17) is 15.6 Å². The lowest BCUT2D eigenvalue weighted by Crippen LogP contribution is -2.44. The summed E-state index contributed by atoms with van der Waals surface area (Å²) in [5.41, 5.74) is 5.26. The molecule has 16 heavy (non-hydrogen) atoms. The number of amides is 1. The Morgan fingerprint density at radius 2 is 2.06 bits per heavy atom. The fraction of sp³-hybridized carbons (Fsp3) is 0.667. The second-order valence-corrected chi connectivity index (χ2v) is 3.14. The molecule has 1 unspecified atom stereocenters. The van der Waals surface area contributed by atoms with E-state index in [2.05, 4.69) is 5.32 Å². The van der Waals surface area contributed by atoms with Crippen molar-refractivity contribution in [1.82, 2.24) is 5.32 Å². The van der Waals surface area contributed by atoms with Gasteiger partial charge in [-0.1, -0.05) is 6.92 Å². The fourth-order valence-electron chi connectivity index (χ4n) is 0.838. The zero-order chi connectivity index (χ0) is 12.6.